The quantitative estimate of drug-likeness (QED) is 0.724. The second-order valence-corrected chi connectivity index (χ2v) is 7.72. The highest BCUT2D eigenvalue weighted by atomic mass is 32.2. The zero-order valence-electron chi connectivity index (χ0n) is 14.0. The average molecular weight is 363 g/mol. The van der Waals surface area contributed by atoms with E-state index in [2.05, 4.69) is 16.8 Å². The minimum atomic E-state index is -3.44. The van der Waals surface area contributed by atoms with Crippen LogP contribution >= 0.6 is 0 Å². The largest absolute Gasteiger partial charge is 0.395 e. The maximum atomic E-state index is 12.0. The van der Waals surface area contributed by atoms with E-state index in [1.54, 1.807) is 30.5 Å². The molecule has 5 heteroatoms. The van der Waals surface area contributed by atoms with Gasteiger partial charge >= 0.3 is 0 Å². The summed E-state index contributed by atoms with van der Waals surface area (Å²) in [6.45, 7) is -0.388. The number of nitrogens with zero attached hydrogens (tertiary/aromatic N) is 1. The summed E-state index contributed by atoms with van der Waals surface area (Å²) >= 11 is 0. The molecule has 3 aromatic rings. The van der Waals surface area contributed by atoms with Gasteiger partial charge in [-0.2, -0.15) is 0 Å². The van der Waals surface area contributed by atoms with Crippen molar-refractivity contribution in [1.82, 2.24) is 4.98 Å². The van der Waals surface area contributed by atoms with Crippen LogP contribution in [0.15, 0.2) is 77.8 Å². The molecule has 130 valence electrons. The van der Waals surface area contributed by atoms with E-state index < -0.39 is 9.84 Å². The number of rotatable bonds is 4. The summed E-state index contributed by atoms with van der Waals surface area (Å²) in [7, 11) is -3.44. The number of hydrogen-bond donors (Lipinski definition) is 1. The molecule has 2 aromatic carbocycles. The Balaban J connectivity index is 1.86. The molecule has 1 heterocycles. The molecular weight excluding hydrogens is 346 g/mol. The van der Waals surface area contributed by atoms with E-state index in [-0.39, 0.29) is 17.3 Å². The average Bonchev–Trinajstić information content (AvgIpc) is 2.67. The van der Waals surface area contributed by atoms with E-state index in [1.165, 1.54) is 0 Å². The fraction of sp³-hybridized carbons (Fsp3) is 0.0952. The Labute approximate surface area is 153 Å². The van der Waals surface area contributed by atoms with Gasteiger partial charge in [0.2, 0.25) is 0 Å². The van der Waals surface area contributed by atoms with Crippen molar-refractivity contribution in [2.75, 3.05) is 12.4 Å². The Kier molecular flexibility index (Phi) is 5.47. The Bertz CT molecular complexity index is 1050. The van der Waals surface area contributed by atoms with Crippen LogP contribution in [0.4, 0.5) is 0 Å². The molecule has 3 rings (SSSR count). The van der Waals surface area contributed by atoms with Crippen LogP contribution in [0.1, 0.15) is 11.3 Å². The number of benzene rings is 2. The van der Waals surface area contributed by atoms with Crippen molar-refractivity contribution in [2.24, 2.45) is 0 Å². The first-order chi connectivity index (χ1) is 12.6. The van der Waals surface area contributed by atoms with Gasteiger partial charge in [-0.05, 0) is 53.4 Å². The minimum absolute atomic E-state index is 0.210. The van der Waals surface area contributed by atoms with Gasteiger partial charge in [0.1, 0.15) is 5.69 Å². The molecule has 0 bridgehead atoms. The third kappa shape index (κ3) is 4.37. The lowest BCUT2D eigenvalue weighted by molar-refractivity contribution is 0.319. The number of sulfone groups is 1. The summed E-state index contributed by atoms with van der Waals surface area (Å²) < 4.78 is 23.9. The highest BCUT2D eigenvalue weighted by molar-refractivity contribution is 7.91. The molecule has 4 nitrogen and oxygen atoms in total. The van der Waals surface area contributed by atoms with Gasteiger partial charge in [0.25, 0.3) is 0 Å². The molecule has 0 aliphatic heterocycles. The van der Waals surface area contributed by atoms with Crippen LogP contribution in [-0.2, 0) is 9.84 Å². The lowest BCUT2D eigenvalue weighted by Crippen LogP contribution is -2.09. The highest BCUT2D eigenvalue weighted by Gasteiger charge is 2.13. The second kappa shape index (κ2) is 7.96. The Morgan fingerprint density at radius 3 is 2.38 bits per heavy atom. The summed E-state index contributed by atoms with van der Waals surface area (Å²) in [5.74, 6) is 5.83. The fourth-order valence-corrected chi connectivity index (χ4v) is 3.47. The SMILES string of the molecule is O=S(=O)(CCO)c1ccc(-c2cccc(C#Cc3ccccn3)c2)cc1. The molecule has 0 aliphatic carbocycles. The standard InChI is InChI=1S/C21H17NO3S/c23-14-15-26(24,25)21-11-8-18(9-12-21)19-5-3-4-17(16-19)7-10-20-6-1-2-13-22-20/h1-6,8-9,11-13,16,23H,14-15H2. The number of aliphatic hydroxyl groups is 1. The van der Waals surface area contributed by atoms with Crippen LogP contribution in [0, 0.1) is 11.8 Å². The van der Waals surface area contributed by atoms with Crippen molar-refractivity contribution in [1.29, 1.82) is 0 Å². The summed E-state index contributed by atoms with van der Waals surface area (Å²) in [4.78, 5) is 4.38. The monoisotopic (exact) mass is 363 g/mol. The first-order valence-electron chi connectivity index (χ1n) is 8.06. The van der Waals surface area contributed by atoms with Crippen LogP contribution in [0.5, 0.6) is 0 Å². The molecule has 0 fully saturated rings. The predicted octanol–water partition coefficient (Wildman–Crippen LogP) is 2.91. The number of hydrogen-bond acceptors (Lipinski definition) is 4. The lowest BCUT2D eigenvalue weighted by Gasteiger charge is -2.06. The molecule has 0 amide bonds. The first kappa shape index (κ1) is 17.9. The van der Waals surface area contributed by atoms with Crippen LogP contribution in [0.2, 0.25) is 0 Å². The summed E-state index contributed by atoms with van der Waals surface area (Å²) in [6.07, 6.45) is 1.70. The van der Waals surface area contributed by atoms with Crippen molar-refractivity contribution in [3.05, 3.63) is 84.2 Å². The van der Waals surface area contributed by atoms with E-state index in [0.717, 1.165) is 16.7 Å². The third-order valence-corrected chi connectivity index (χ3v) is 5.48. The van der Waals surface area contributed by atoms with Gasteiger partial charge in [-0.1, -0.05) is 36.3 Å². The van der Waals surface area contributed by atoms with Crippen LogP contribution in [0.25, 0.3) is 11.1 Å². The topological polar surface area (TPSA) is 67.3 Å². The molecule has 0 radical (unpaired) electrons. The number of aromatic nitrogens is 1. The molecule has 1 aromatic heterocycles. The second-order valence-electron chi connectivity index (χ2n) is 5.61. The normalized spacial score (nSPS) is 10.8. The Morgan fingerprint density at radius 1 is 0.885 bits per heavy atom. The molecule has 26 heavy (non-hydrogen) atoms. The maximum Gasteiger partial charge on any atom is 0.180 e. The molecule has 0 spiro atoms. The van der Waals surface area contributed by atoms with Crippen molar-refractivity contribution in [3.63, 3.8) is 0 Å². The molecule has 0 aliphatic rings. The molecule has 0 atom stereocenters. The third-order valence-electron chi connectivity index (χ3n) is 3.77. The fourth-order valence-electron chi connectivity index (χ4n) is 2.44. The predicted molar refractivity (Wildman–Crippen MR) is 101 cm³/mol. The van der Waals surface area contributed by atoms with Crippen molar-refractivity contribution in [2.45, 2.75) is 4.90 Å². The van der Waals surface area contributed by atoms with Crippen molar-refractivity contribution < 1.29 is 13.5 Å². The van der Waals surface area contributed by atoms with Gasteiger partial charge in [0.05, 0.1) is 17.3 Å². The molecule has 0 saturated heterocycles. The zero-order valence-corrected chi connectivity index (χ0v) is 14.8. The molecule has 0 saturated carbocycles. The molecular formula is C21H17NO3S. The summed E-state index contributed by atoms with van der Waals surface area (Å²) in [6, 6.07) is 20.0. The van der Waals surface area contributed by atoms with Gasteiger partial charge in [0, 0.05) is 11.8 Å². The van der Waals surface area contributed by atoms with Crippen LogP contribution in [0.3, 0.4) is 0 Å². The zero-order chi connectivity index (χ0) is 18.4. The van der Waals surface area contributed by atoms with E-state index in [4.69, 9.17) is 5.11 Å². The first-order valence-corrected chi connectivity index (χ1v) is 9.71. The van der Waals surface area contributed by atoms with Crippen molar-refractivity contribution in [3.8, 4) is 23.0 Å². The minimum Gasteiger partial charge on any atom is -0.395 e. The van der Waals surface area contributed by atoms with Gasteiger partial charge in [0.15, 0.2) is 9.84 Å². The Hall–Kier alpha value is -2.94. The molecule has 1 N–H and O–H groups in total. The van der Waals surface area contributed by atoms with E-state index in [9.17, 15) is 8.42 Å². The van der Waals surface area contributed by atoms with Crippen LogP contribution < -0.4 is 0 Å². The summed E-state index contributed by atoms with van der Waals surface area (Å²) in [5, 5.41) is 8.86. The Morgan fingerprint density at radius 2 is 1.69 bits per heavy atom. The highest BCUT2D eigenvalue weighted by Crippen LogP contribution is 2.22. The van der Waals surface area contributed by atoms with E-state index >= 15 is 0 Å². The maximum absolute atomic E-state index is 12.0. The van der Waals surface area contributed by atoms with Gasteiger partial charge in [-0.15, -0.1) is 0 Å². The van der Waals surface area contributed by atoms with Gasteiger partial charge in [-0.25, -0.2) is 13.4 Å². The van der Waals surface area contributed by atoms with Crippen molar-refractivity contribution >= 4 is 9.84 Å². The van der Waals surface area contributed by atoms with Gasteiger partial charge < -0.3 is 5.11 Å². The van der Waals surface area contributed by atoms with E-state index in [1.807, 2.05) is 42.5 Å². The number of pyridine rings is 1. The lowest BCUT2D eigenvalue weighted by atomic mass is 10.0. The smallest absolute Gasteiger partial charge is 0.180 e. The van der Waals surface area contributed by atoms with Gasteiger partial charge in [-0.3, -0.25) is 0 Å². The summed E-state index contributed by atoms with van der Waals surface area (Å²) in [5.41, 5.74) is 3.40. The van der Waals surface area contributed by atoms with E-state index in [0.29, 0.717) is 5.69 Å². The van der Waals surface area contributed by atoms with Crippen LogP contribution in [-0.4, -0.2) is 30.9 Å². The molecule has 0 unspecified atom stereocenters. The number of aliphatic hydroxyl groups excluding tert-OH is 1.